The summed E-state index contributed by atoms with van der Waals surface area (Å²) < 4.78 is 0. The predicted octanol–water partition coefficient (Wildman–Crippen LogP) is 1.53. The fourth-order valence-corrected chi connectivity index (χ4v) is 1.08. The van der Waals surface area contributed by atoms with E-state index in [1.165, 1.54) is 12.8 Å². The number of carbonyl (C=O) groups excluding carboxylic acids is 1. The molecule has 2 nitrogen and oxygen atoms in total. The van der Waals surface area contributed by atoms with Crippen LogP contribution in [0.2, 0.25) is 0 Å². The van der Waals surface area contributed by atoms with Gasteiger partial charge in [-0.15, -0.1) is 11.6 Å². The van der Waals surface area contributed by atoms with E-state index in [1.807, 2.05) is 0 Å². The SMILES string of the molecule is O=C(CC1CC1)NCCCCl. The van der Waals surface area contributed by atoms with Gasteiger partial charge in [-0.1, -0.05) is 0 Å². The van der Waals surface area contributed by atoms with Crippen molar-refractivity contribution in [2.45, 2.75) is 25.7 Å². The summed E-state index contributed by atoms with van der Waals surface area (Å²) in [5.41, 5.74) is 0. The maximum Gasteiger partial charge on any atom is 0.220 e. The van der Waals surface area contributed by atoms with Gasteiger partial charge in [-0.2, -0.15) is 0 Å². The Bertz CT molecular complexity index is 134. The second kappa shape index (κ2) is 4.60. The highest BCUT2D eigenvalue weighted by Gasteiger charge is 2.23. The van der Waals surface area contributed by atoms with Gasteiger partial charge in [0.05, 0.1) is 0 Å². The number of alkyl halides is 1. The van der Waals surface area contributed by atoms with Crippen molar-refractivity contribution in [2.75, 3.05) is 12.4 Å². The Kier molecular flexibility index (Phi) is 3.70. The van der Waals surface area contributed by atoms with Crippen LogP contribution < -0.4 is 5.32 Å². The van der Waals surface area contributed by atoms with Crippen molar-refractivity contribution < 1.29 is 4.79 Å². The highest BCUT2D eigenvalue weighted by molar-refractivity contribution is 6.17. The Morgan fingerprint density at radius 1 is 1.55 bits per heavy atom. The second-order valence-corrected chi connectivity index (χ2v) is 3.42. The Labute approximate surface area is 72.3 Å². The van der Waals surface area contributed by atoms with Crippen LogP contribution in [0.1, 0.15) is 25.7 Å². The molecule has 0 radical (unpaired) electrons. The summed E-state index contributed by atoms with van der Waals surface area (Å²) in [4.78, 5) is 11.0. The molecule has 0 atom stereocenters. The minimum absolute atomic E-state index is 0.192. The molecular formula is C8H14ClNO. The van der Waals surface area contributed by atoms with Crippen LogP contribution in [0.25, 0.3) is 0 Å². The van der Waals surface area contributed by atoms with Crippen molar-refractivity contribution in [1.82, 2.24) is 5.32 Å². The van der Waals surface area contributed by atoms with Crippen LogP contribution in [0.15, 0.2) is 0 Å². The molecule has 1 aliphatic rings. The van der Waals surface area contributed by atoms with E-state index in [4.69, 9.17) is 11.6 Å². The van der Waals surface area contributed by atoms with Gasteiger partial charge in [0.25, 0.3) is 0 Å². The second-order valence-electron chi connectivity index (χ2n) is 3.04. The van der Waals surface area contributed by atoms with Gasteiger partial charge in [0, 0.05) is 18.8 Å². The molecule has 0 aromatic heterocycles. The quantitative estimate of drug-likeness (QED) is 0.499. The van der Waals surface area contributed by atoms with E-state index in [0.717, 1.165) is 19.4 Å². The molecule has 1 amide bonds. The Balaban J connectivity index is 1.92. The Morgan fingerprint density at radius 2 is 2.27 bits per heavy atom. The first kappa shape index (κ1) is 8.85. The molecule has 0 spiro atoms. The van der Waals surface area contributed by atoms with Gasteiger partial charge in [0.1, 0.15) is 0 Å². The van der Waals surface area contributed by atoms with Crippen molar-refractivity contribution in [3.63, 3.8) is 0 Å². The fourth-order valence-electron chi connectivity index (χ4n) is 0.951. The molecule has 0 aromatic carbocycles. The fraction of sp³-hybridized carbons (Fsp3) is 0.875. The first-order valence-corrected chi connectivity index (χ1v) is 4.69. The number of carbonyl (C=O) groups is 1. The number of amides is 1. The molecule has 64 valence electrons. The lowest BCUT2D eigenvalue weighted by Crippen LogP contribution is -2.24. The normalized spacial score (nSPS) is 16.5. The summed E-state index contributed by atoms with van der Waals surface area (Å²) in [6.45, 7) is 0.731. The maximum absolute atomic E-state index is 11.0. The van der Waals surface area contributed by atoms with Crippen LogP contribution >= 0.6 is 11.6 Å². The number of hydrogen-bond acceptors (Lipinski definition) is 1. The van der Waals surface area contributed by atoms with Crippen LogP contribution in [0.4, 0.5) is 0 Å². The molecule has 0 unspecified atom stereocenters. The number of halogens is 1. The smallest absolute Gasteiger partial charge is 0.220 e. The average molecular weight is 176 g/mol. The van der Waals surface area contributed by atoms with Crippen LogP contribution in [-0.4, -0.2) is 18.3 Å². The molecule has 1 saturated carbocycles. The summed E-state index contributed by atoms with van der Waals surface area (Å²) in [6, 6.07) is 0. The van der Waals surface area contributed by atoms with Crippen molar-refractivity contribution in [1.29, 1.82) is 0 Å². The summed E-state index contributed by atoms with van der Waals surface area (Å²) in [5.74, 6) is 1.51. The van der Waals surface area contributed by atoms with E-state index in [2.05, 4.69) is 5.32 Å². The van der Waals surface area contributed by atoms with E-state index in [9.17, 15) is 4.79 Å². The molecule has 0 heterocycles. The van der Waals surface area contributed by atoms with Crippen LogP contribution in [-0.2, 0) is 4.79 Å². The van der Waals surface area contributed by atoms with Gasteiger partial charge in [-0.05, 0) is 25.2 Å². The van der Waals surface area contributed by atoms with E-state index >= 15 is 0 Å². The molecular weight excluding hydrogens is 162 g/mol. The van der Waals surface area contributed by atoms with E-state index in [0.29, 0.717) is 11.8 Å². The lowest BCUT2D eigenvalue weighted by atomic mass is 10.3. The van der Waals surface area contributed by atoms with Crippen LogP contribution in [0.3, 0.4) is 0 Å². The third-order valence-corrected chi connectivity index (χ3v) is 2.07. The molecule has 0 aliphatic heterocycles. The number of nitrogens with one attached hydrogen (secondary N) is 1. The van der Waals surface area contributed by atoms with Gasteiger partial charge >= 0.3 is 0 Å². The standard InChI is InChI=1S/C8H14ClNO/c9-4-1-5-10-8(11)6-7-2-3-7/h7H,1-6H2,(H,10,11). The lowest BCUT2D eigenvalue weighted by Gasteiger charge is -2.01. The van der Waals surface area contributed by atoms with Crippen molar-refractivity contribution in [2.24, 2.45) is 5.92 Å². The highest BCUT2D eigenvalue weighted by atomic mass is 35.5. The molecule has 3 heteroatoms. The zero-order chi connectivity index (χ0) is 8.10. The highest BCUT2D eigenvalue weighted by Crippen LogP contribution is 2.31. The largest absolute Gasteiger partial charge is 0.356 e. The van der Waals surface area contributed by atoms with Gasteiger partial charge in [0.2, 0.25) is 5.91 Å². The first-order valence-electron chi connectivity index (χ1n) is 4.15. The van der Waals surface area contributed by atoms with E-state index in [1.54, 1.807) is 0 Å². The minimum Gasteiger partial charge on any atom is -0.356 e. The number of rotatable bonds is 5. The van der Waals surface area contributed by atoms with E-state index in [-0.39, 0.29) is 5.91 Å². The summed E-state index contributed by atoms with van der Waals surface area (Å²) >= 11 is 5.45. The molecule has 1 aliphatic carbocycles. The first-order chi connectivity index (χ1) is 5.33. The molecule has 11 heavy (non-hydrogen) atoms. The predicted molar refractivity (Wildman–Crippen MR) is 45.7 cm³/mol. The molecule has 1 N–H and O–H groups in total. The third-order valence-electron chi connectivity index (χ3n) is 1.80. The summed E-state index contributed by atoms with van der Waals surface area (Å²) in [6.07, 6.45) is 4.08. The average Bonchev–Trinajstić information content (AvgIpc) is 2.72. The Morgan fingerprint density at radius 3 is 2.82 bits per heavy atom. The van der Waals surface area contributed by atoms with Gasteiger partial charge in [0.15, 0.2) is 0 Å². The number of hydrogen-bond donors (Lipinski definition) is 1. The zero-order valence-corrected chi connectivity index (χ0v) is 7.36. The summed E-state index contributed by atoms with van der Waals surface area (Å²) in [5, 5.41) is 2.83. The molecule has 0 bridgehead atoms. The molecule has 0 saturated heterocycles. The van der Waals surface area contributed by atoms with Crippen LogP contribution in [0, 0.1) is 5.92 Å². The summed E-state index contributed by atoms with van der Waals surface area (Å²) in [7, 11) is 0. The molecule has 1 rings (SSSR count). The maximum atomic E-state index is 11.0. The Hall–Kier alpha value is -0.240. The third kappa shape index (κ3) is 4.25. The lowest BCUT2D eigenvalue weighted by molar-refractivity contribution is -0.121. The monoisotopic (exact) mass is 175 g/mol. The van der Waals surface area contributed by atoms with Crippen molar-refractivity contribution in [3.05, 3.63) is 0 Å². The minimum atomic E-state index is 0.192. The zero-order valence-electron chi connectivity index (χ0n) is 6.61. The van der Waals surface area contributed by atoms with Crippen molar-refractivity contribution in [3.8, 4) is 0 Å². The topological polar surface area (TPSA) is 29.1 Å². The van der Waals surface area contributed by atoms with Gasteiger partial charge in [-0.3, -0.25) is 4.79 Å². The van der Waals surface area contributed by atoms with Gasteiger partial charge in [-0.25, -0.2) is 0 Å². The molecule has 0 aromatic rings. The molecule has 1 fully saturated rings. The van der Waals surface area contributed by atoms with Crippen LogP contribution in [0.5, 0.6) is 0 Å². The van der Waals surface area contributed by atoms with E-state index < -0.39 is 0 Å². The van der Waals surface area contributed by atoms with Crippen molar-refractivity contribution >= 4 is 17.5 Å². The van der Waals surface area contributed by atoms with Gasteiger partial charge < -0.3 is 5.32 Å².